The number of ether oxygens (including phenoxy) is 1. The van der Waals surface area contributed by atoms with Gasteiger partial charge in [0.25, 0.3) is 0 Å². The third-order valence-electron chi connectivity index (χ3n) is 2.85. The number of aromatic nitrogens is 1. The number of nitro benzene ring substituents is 1. The Hall–Kier alpha value is -2.90. The molecule has 21 heavy (non-hydrogen) atoms. The molecule has 0 aliphatic carbocycles. The third kappa shape index (κ3) is 2.69. The highest BCUT2D eigenvalue weighted by atomic mass is 16.6. The van der Waals surface area contributed by atoms with Crippen LogP contribution in [0, 0.1) is 10.1 Å². The number of aromatic carboxylic acids is 1. The Kier molecular flexibility index (Phi) is 3.88. The molecule has 1 aromatic heterocycles. The molecule has 8 nitrogen and oxygen atoms in total. The molecule has 110 valence electrons. The number of carboxylic acid groups (broad SMARTS) is 1. The highest BCUT2D eigenvalue weighted by Gasteiger charge is 2.22. The fraction of sp³-hybridized carbons (Fsp3) is 0.231. The Morgan fingerprint density at radius 2 is 2.24 bits per heavy atom. The largest absolute Gasteiger partial charge is 0.490 e. The van der Waals surface area contributed by atoms with E-state index in [9.17, 15) is 14.9 Å². The highest BCUT2D eigenvalue weighted by molar-refractivity contribution is 5.86. The molecule has 1 aromatic carbocycles. The number of nitro groups is 1. The van der Waals surface area contributed by atoms with Crippen molar-refractivity contribution in [2.75, 3.05) is 7.11 Å². The summed E-state index contributed by atoms with van der Waals surface area (Å²) in [5, 5.41) is 20.0. The molecular weight excluding hydrogens is 280 g/mol. The summed E-state index contributed by atoms with van der Waals surface area (Å²) in [4.78, 5) is 25.5. The van der Waals surface area contributed by atoms with Crippen LogP contribution in [0.4, 0.5) is 5.69 Å². The summed E-state index contributed by atoms with van der Waals surface area (Å²) >= 11 is 0. The van der Waals surface area contributed by atoms with Crippen LogP contribution in [-0.2, 0) is 6.42 Å². The first-order valence-corrected chi connectivity index (χ1v) is 6.03. The van der Waals surface area contributed by atoms with Gasteiger partial charge >= 0.3 is 11.7 Å². The molecule has 1 N–H and O–H groups in total. The monoisotopic (exact) mass is 292 g/mol. The van der Waals surface area contributed by atoms with E-state index in [1.807, 2.05) is 0 Å². The molecule has 8 heteroatoms. The first-order chi connectivity index (χ1) is 9.97. The van der Waals surface area contributed by atoms with Gasteiger partial charge in [0.15, 0.2) is 5.75 Å². The number of carbonyl (C=O) groups is 1. The van der Waals surface area contributed by atoms with E-state index in [2.05, 4.69) is 4.98 Å². The molecule has 0 fully saturated rings. The molecule has 2 rings (SSSR count). The molecule has 0 unspecified atom stereocenters. The molecule has 0 amide bonds. The van der Waals surface area contributed by atoms with Crippen molar-refractivity contribution in [1.29, 1.82) is 0 Å². The van der Waals surface area contributed by atoms with Crippen LogP contribution in [-0.4, -0.2) is 28.1 Å². The van der Waals surface area contributed by atoms with E-state index in [1.54, 1.807) is 6.92 Å². The molecule has 0 atom stereocenters. The Morgan fingerprint density at radius 1 is 1.52 bits per heavy atom. The van der Waals surface area contributed by atoms with Gasteiger partial charge in [0.2, 0.25) is 11.7 Å². The smallest absolute Gasteiger partial charge is 0.373 e. The standard InChI is InChI=1S/C13H12N2O6/c1-3-8-11(13(16)17)21-12(14-8)7-4-5-10(20-2)9(6-7)15(18)19/h4-6H,3H2,1-2H3,(H,16,17). The minimum Gasteiger partial charge on any atom is -0.490 e. The van der Waals surface area contributed by atoms with Crippen LogP contribution >= 0.6 is 0 Å². The first kappa shape index (κ1) is 14.5. The van der Waals surface area contributed by atoms with E-state index in [4.69, 9.17) is 14.3 Å². The molecule has 0 saturated carbocycles. The van der Waals surface area contributed by atoms with Crippen LogP contribution in [0.3, 0.4) is 0 Å². The molecule has 0 aliphatic rings. The van der Waals surface area contributed by atoms with Gasteiger partial charge in [0.1, 0.15) is 0 Å². The lowest BCUT2D eigenvalue weighted by Crippen LogP contribution is -1.98. The lowest BCUT2D eigenvalue weighted by molar-refractivity contribution is -0.385. The minimum absolute atomic E-state index is 0.0232. The van der Waals surface area contributed by atoms with E-state index in [0.717, 1.165) is 0 Å². The van der Waals surface area contributed by atoms with Crippen molar-refractivity contribution in [3.63, 3.8) is 0 Å². The van der Waals surface area contributed by atoms with Gasteiger partial charge < -0.3 is 14.3 Å². The predicted molar refractivity (Wildman–Crippen MR) is 71.5 cm³/mol. The number of benzene rings is 1. The van der Waals surface area contributed by atoms with Gasteiger partial charge in [-0.3, -0.25) is 10.1 Å². The van der Waals surface area contributed by atoms with Crippen LogP contribution < -0.4 is 4.74 Å². The van der Waals surface area contributed by atoms with Gasteiger partial charge in [0, 0.05) is 11.6 Å². The second kappa shape index (κ2) is 5.61. The number of methoxy groups -OCH3 is 1. The number of oxazole rings is 1. The maximum Gasteiger partial charge on any atom is 0.373 e. The summed E-state index contributed by atoms with van der Waals surface area (Å²) in [6, 6.07) is 4.15. The van der Waals surface area contributed by atoms with Crippen molar-refractivity contribution in [2.24, 2.45) is 0 Å². The van der Waals surface area contributed by atoms with Gasteiger partial charge in [-0.15, -0.1) is 0 Å². The zero-order chi connectivity index (χ0) is 15.6. The van der Waals surface area contributed by atoms with E-state index in [1.165, 1.54) is 25.3 Å². The van der Waals surface area contributed by atoms with Crippen molar-refractivity contribution in [2.45, 2.75) is 13.3 Å². The second-order valence-corrected chi connectivity index (χ2v) is 4.10. The van der Waals surface area contributed by atoms with Gasteiger partial charge in [-0.1, -0.05) is 6.92 Å². The van der Waals surface area contributed by atoms with Gasteiger partial charge in [-0.25, -0.2) is 9.78 Å². The van der Waals surface area contributed by atoms with Crippen LogP contribution in [0.2, 0.25) is 0 Å². The molecule has 2 aromatic rings. The Morgan fingerprint density at radius 3 is 2.71 bits per heavy atom. The number of aryl methyl sites for hydroxylation is 1. The zero-order valence-electron chi connectivity index (χ0n) is 11.3. The van der Waals surface area contributed by atoms with Crippen molar-refractivity contribution in [1.82, 2.24) is 4.98 Å². The van der Waals surface area contributed by atoms with Gasteiger partial charge in [-0.05, 0) is 18.6 Å². The van der Waals surface area contributed by atoms with Crippen LogP contribution in [0.15, 0.2) is 22.6 Å². The van der Waals surface area contributed by atoms with Crippen LogP contribution in [0.5, 0.6) is 5.75 Å². The summed E-state index contributed by atoms with van der Waals surface area (Å²) < 4.78 is 10.1. The minimum atomic E-state index is -1.23. The van der Waals surface area contributed by atoms with E-state index in [0.29, 0.717) is 12.0 Å². The lowest BCUT2D eigenvalue weighted by atomic mass is 10.2. The molecular formula is C13H12N2O6. The van der Waals surface area contributed by atoms with Crippen LogP contribution in [0.25, 0.3) is 11.5 Å². The Labute approximate surface area is 119 Å². The van der Waals surface area contributed by atoms with Crippen molar-refractivity contribution in [3.05, 3.63) is 39.8 Å². The van der Waals surface area contributed by atoms with Crippen molar-refractivity contribution in [3.8, 4) is 17.2 Å². The van der Waals surface area contributed by atoms with Gasteiger partial charge in [-0.2, -0.15) is 0 Å². The SMILES string of the molecule is CCc1nc(-c2ccc(OC)c([N+](=O)[O-])c2)oc1C(=O)O. The molecule has 0 radical (unpaired) electrons. The first-order valence-electron chi connectivity index (χ1n) is 6.03. The second-order valence-electron chi connectivity index (χ2n) is 4.10. The normalized spacial score (nSPS) is 10.4. The van der Waals surface area contributed by atoms with E-state index < -0.39 is 10.9 Å². The molecule has 0 bridgehead atoms. The predicted octanol–water partition coefficient (Wildman–Crippen LogP) is 2.52. The molecule has 0 spiro atoms. The zero-order valence-corrected chi connectivity index (χ0v) is 11.3. The average Bonchev–Trinajstić information content (AvgIpc) is 2.90. The summed E-state index contributed by atoms with van der Waals surface area (Å²) in [6.45, 7) is 1.74. The average molecular weight is 292 g/mol. The number of carboxylic acids is 1. The third-order valence-corrected chi connectivity index (χ3v) is 2.85. The number of nitrogens with zero attached hydrogens (tertiary/aromatic N) is 2. The number of hydrogen-bond donors (Lipinski definition) is 1. The molecule has 0 saturated heterocycles. The Balaban J connectivity index is 2.54. The molecule has 1 heterocycles. The fourth-order valence-corrected chi connectivity index (χ4v) is 1.85. The molecule has 0 aliphatic heterocycles. The summed E-state index contributed by atoms with van der Waals surface area (Å²) in [5.41, 5.74) is 0.351. The quantitative estimate of drug-likeness (QED) is 0.664. The van der Waals surface area contributed by atoms with Crippen molar-refractivity contribution < 1.29 is 24.0 Å². The highest BCUT2D eigenvalue weighted by Crippen LogP contribution is 2.32. The van der Waals surface area contributed by atoms with E-state index in [-0.39, 0.29) is 28.8 Å². The van der Waals surface area contributed by atoms with E-state index >= 15 is 0 Å². The Bertz CT molecular complexity index is 707. The number of hydrogen-bond acceptors (Lipinski definition) is 6. The van der Waals surface area contributed by atoms with Gasteiger partial charge in [0.05, 0.1) is 17.7 Å². The summed E-state index contributed by atoms with van der Waals surface area (Å²) in [5.74, 6) is -1.36. The topological polar surface area (TPSA) is 116 Å². The van der Waals surface area contributed by atoms with Crippen molar-refractivity contribution >= 4 is 11.7 Å². The summed E-state index contributed by atoms with van der Waals surface area (Å²) in [7, 11) is 1.32. The number of rotatable bonds is 5. The maximum atomic E-state index is 11.0. The summed E-state index contributed by atoms with van der Waals surface area (Å²) in [6.07, 6.45) is 0.378. The fourth-order valence-electron chi connectivity index (χ4n) is 1.85. The lowest BCUT2D eigenvalue weighted by Gasteiger charge is -2.02. The van der Waals surface area contributed by atoms with Crippen LogP contribution in [0.1, 0.15) is 23.2 Å². The maximum absolute atomic E-state index is 11.0.